The van der Waals surface area contributed by atoms with E-state index in [0.29, 0.717) is 13.0 Å². The molecule has 1 fully saturated rings. The van der Waals surface area contributed by atoms with Gasteiger partial charge in [-0.1, -0.05) is 41.5 Å². The minimum atomic E-state index is -0.249. The van der Waals surface area contributed by atoms with Crippen molar-refractivity contribution < 1.29 is 23.8 Å². The summed E-state index contributed by atoms with van der Waals surface area (Å²) in [7, 11) is 0. The molecule has 0 spiro atoms. The lowest BCUT2D eigenvalue weighted by Crippen LogP contribution is -2.37. The van der Waals surface area contributed by atoms with Crippen LogP contribution in [0.1, 0.15) is 80.6 Å². The van der Waals surface area contributed by atoms with Crippen LogP contribution in [0.4, 0.5) is 0 Å². The van der Waals surface area contributed by atoms with E-state index in [4.69, 9.17) is 14.2 Å². The number of hydrogen-bond donors (Lipinski definition) is 0. The number of hydrogen-bond acceptors (Lipinski definition) is 5. The molecule has 0 heterocycles. The smallest absolute Gasteiger partial charge is 0.311 e. The topological polar surface area (TPSA) is 61.8 Å². The van der Waals surface area contributed by atoms with Gasteiger partial charge in [0.2, 0.25) is 0 Å². The molecule has 0 bridgehead atoms. The van der Waals surface area contributed by atoms with Crippen LogP contribution < -0.4 is 0 Å². The number of ether oxygens (including phenoxy) is 3. The number of carbonyl (C=O) groups excluding carboxylic acids is 2. The first-order valence-electron chi connectivity index (χ1n) is 9.89. The zero-order chi connectivity index (χ0) is 20.0. The first kappa shape index (κ1) is 22.9. The number of rotatable bonds is 7. The summed E-state index contributed by atoms with van der Waals surface area (Å²) in [6, 6.07) is 0. The van der Waals surface area contributed by atoms with Gasteiger partial charge in [-0.25, -0.2) is 0 Å². The Bertz CT molecular complexity index is 458. The van der Waals surface area contributed by atoms with Crippen LogP contribution in [0.2, 0.25) is 0 Å². The average Bonchev–Trinajstić information content (AvgIpc) is 2.51. The van der Waals surface area contributed by atoms with E-state index in [-0.39, 0.29) is 47.5 Å². The molecule has 152 valence electrons. The molecule has 1 aliphatic rings. The van der Waals surface area contributed by atoms with Crippen LogP contribution in [0.15, 0.2) is 0 Å². The molecule has 1 saturated carbocycles. The van der Waals surface area contributed by atoms with E-state index >= 15 is 0 Å². The minimum Gasteiger partial charge on any atom is -0.462 e. The van der Waals surface area contributed by atoms with Gasteiger partial charge in [0, 0.05) is 6.61 Å². The van der Waals surface area contributed by atoms with Gasteiger partial charge in [0.1, 0.15) is 6.10 Å². The first-order chi connectivity index (χ1) is 11.9. The predicted molar refractivity (Wildman–Crippen MR) is 101 cm³/mol. The summed E-state index contributed by atoms with van der Waals surface area (Å²) in [6.07, 6.45) is 3.58. The van der Waals surface area contributed by atoms with E-state index in [1.165, 1.54) is 0 Å². The fraction of sp³-hybridized carbons (Fsp3) is 0.905. The summed E-state index contributed by atoms with van der Waals surface area (Å²) < 4.78 is 16.1. The Kier molecular flexibility index (Phi) is 8.58. The summed E-state index contributed by atoms with van der Waals surface area (Å²) in [5.74, 6) is -0.757. The zero-order valence-corrected chi connectivity index (χ0v) is 17.7. The van der Waals surface area contributed by atoms with Gasteiger partial charge < -0.3 is 14.2 Å². The molecule has 0 N–H and O–H groups in total. The maximum atomic E-state index is 12.9. The van der Waals surface area contributed by atoms with Crippen LogP contribution in [0, 0.1) is 22.7 Å². The minimum absolute atomic E-state index is 0.00598. The average molecular weight is 371 g/mol. The van der Waals surface area contributed by atoms with Crippen molar-refractivity contribution >= 4 is 11.9 Å². The summed E-state index contributed by atoms with van der Waals surface area (Å²) >= 11 is 0. The lowest BCUT2D eigenvalue weighted by Gasteiger charge is -2.36. The maximum absolute atomic E-state index is 12.9. The summed E-state index contributed by atoms with van der Waals surface area (Å²) in [6.45, 7) is 15.0. The molecular weight excluding hydrogens is 332 g/mol. The van der Waals surface area contributed by atoms with Gasteiger partial charge in [0.25, 0.3) is 0 Å². The SMILES string of the molecule is CCOCOC(=O)C1CCCC(OC(=O)C(CC(C)(C)C)C(C)(C)C)C1. The molecule has 5 nitrogen and oxygen atoms in total. The van der Waals surface area contributed by atoms with Crippen LogP contribution in [0.3, 0.4) is 0 Å². The van der Waals surface area contributed by atoms with Crippen LogP contribution in [0.25, 0.3) is 0 Å². The third-order valence-electron chi connectivity index (χ3n) is 4.88. The Balaban J connectivity index is 2.64. The van der Waals surface area contributed by atoms with E-state index in [1.807, 2.05) is 6.92 Å². The third-order valence-corrected chi connectivity index (χ3v) is 4.88. The van der Waals surface area contributed by atoms with Crippen LogP contribution in [-0.4, -0.2) is 31.4 Å². The van der Waals surface area contributed by atoms with Gasteiger partial charge in [-0.2, -0.15) is 0 Å². The van der Waals surface area contributed by atoms with Gasteiger partial charge in [-0.3, -0.25) is 9.59 Å². The van der Waals surface area contributed by atoms with Crippen LogP contribution >= 0.6 is 0 Å². The van der Waals surface area contributed by atoms with Gasteiger partial charge >= 0.3 is 11.9 Å². The molecule has 26 heavy (non-hydrogen) atoms. The largest absolute Gasteiger partial charge is 0.462 e. The number of esters is 2. The molecule has 0 saturated heterocycles. The highest BCUT2D eigenvalue weighted by Gasteiger charge is 2.38. The molecule has 5 heteroatoms. The van der Waals surface area contributed by atoms with Crippen molar-refractivity contribution in [3.05, 3.63) is 0 Å². The van der Waals surface area contributed by atoms with E-state index in [2.05, 4.69) is 41.5 Å². The second-order valence-electron chi connectivity index (χ2n) is 9.68. The highest BCUT2D eigenvalue weighted by Crippen LogP contribution is 2.38. The Labute approximate surface area is 159 Å². The van der Waals surface area contributed by atoms with E-state index in [1.54, 1.807) is 0 Å². The van der Waals surface area contributed by atoms with Crippen molar-refractivity contribution in [1.29, 1.82) is 0 Å². The zero-order valence-electron chi connectivity index (χ0n) is 17.7. The van der Waals surface area contributed by atoms with Crippen molar-refractivity contribution in [2.24, 2.45) is 22.7 Å². The second-order valence-corrected chi connectivity index (χ2v) is 9.68. The fourth-order valence-electron chi connectivity index (χ4n) is 3.37. The molecule has 3 atom stereocenters. The molecule has 0 aromatic rings. The highest BCUT2D eigenvalue weighted by atomic mass is 16.7. The molecule has 1 rings (SSSR count). The van der Waals surface area contributed by atoms with Gasteiger partial charge in [0.05, 0.1) is 11.8 Å². The Morgan fingerprint density at radius 3 is 2.27 bits per heavy atom. The van der Waals surface area contributed by atoms with Crippen LogP contribution in [0.5, 0.6) is 0 Å². The predicted octanol–water partition coefficient (Wildman–Crippen LogP) is 4.72. The van der Waals surface area contributed by atoms with Gasteiger partial charge in [-0.05, 0) is 49.9 Å². The van der Waals surface area contributed by atoms with Crippen molar-refractivity contribution in [3.8, 4) is 0 Å². The summed E-state index contributed by atoms with van der Waals surface area (Å²) in [5.41, 5.74) is -0.107. The van der Waals surface area contributed by atoms with E-state index in [0.717, 1.165) is 25.7 Å². The monoisotopic (exact) mass is 370 g/mol. The van der Waals surface area contributed by atoms with E-state index < -0.39 is 0 Å². The molecule has 0 aliphatic heterocycles. The molecule has 0 radical (unpaired) electrons. The van der Waals surface area contributed by atoms with Gasteiger partial charge in [0.15, 0.2) is 6.79 Å². The van der Waals surface area contributed by atoms with Crippen molar-refractivity contribution in [2.45, 2.75) is 86.7 Å². The standard InChI is InChI=1S/C21H38O5/c1-8-24-14-25-18(22)15-10-9-11-16(12-15)26-19(23)17(21(5,6)7)13-20(2,3)4/h15-17H,8-14H2,1-7H3. The fourth-order valence-corrected chi connectivity index (χ4v) is 3.37. The molecule has 3 unspecified atom stereocenters. The quantitative estimate of drug-likeness (QED) is 0.368. The Morgan fingerprint density at radius 2 is 1.73 bits per heavy atom. The van der Waals surface area contributed by atoms with Gasteiger partial charge in [-0.15, -0.1) is 0 Å². The number of carbonyl (C=O) groups is 2. The summed E-state index contributed by atoms with van der Waals surface area (Å²) in [5, 5.41) is 0. The van der Waals surface area contributed by atoms with Crippen molar-refractivity contribution in [3.63, 3.8) is 0 Å². The molecule has 0 aromatic carbocycles. The Morgan fingerprint density at radius 1 is 1.08 bits per heavy atom. The Hall–Kier alpha value is -1.10. The molecule has 1 aliphatic carbocycles. The maximum Gasteiger partial charge on any atom is 0.311 e. The second kappa shape index (κ2) is 9.72. The molecule has 0 amide bonds. The lowest BCUT2D eigenvalue weighted by molar-refractivity contribution is -0.170. The highest BCUT2D eigenvalue weighted by molar-refractivity contribution is 5.74. The molecule has 0 aromatic heterocycles. The van der Waals surface area contributed by atoms with Crippen LogP contribution in [-0.2, 0) is 23.8 Å². The third kappa shape index (κ3) is 8.07. The first-order valence-corrected chi connectivity index (χ1v) is 9.89. The molecular formula is C21H38O5. The van der Waals surface area contributed by atoms with Crippen molar-refractivity contribution in [1.82, 2.24) is 0 Å². The lowest BCUT2D eigenvalue weighted by atomic mass is 9.72. The van der Waals surface area contributed by atoms with Crippen molar-refractivity contribution in [2.75, 3.05) is 13.4 Å². The normalized spacial score (nSPS) is 22.6. The summed E-state index contributed by atoms with van der Waals surface area (Å²) in [4.78, 5) is 25.0. The van der Waals surface area contributed by atoms with E-state index in [9.17, 15) is 9.59 Å².